The molecule has 3 amide bonds. The van der Waals surface area contributed by atoms with E-state index in [1.807, 2.05) is 49.1 Å². The van der Waals surface area contributed by atoms with Crippen LogP contribution in [0.1, 0.15) is 66.7 Å². The third kappa shape index (κ3) is 4.80. The van der Waals surface area contributed by atoms with Crippen molar-refractivity contribution in [1.82, 2.24) is 9.80 Å². The highest BCUT2D eigenvalue weighted by atomic mass is 16.2. The quantitative estimate of drug-likeness (QED) is 0.705. The van der Waals surface area contributed by atoms with E-state index in [9.17, 15) is 14.4 Å². The number of hydrogen-bond acceptors (Lipinski definition) is 3. The molecule has 0 aromatic heterocycles. The zero-order valence-corrected chi connectivity index (χ0v) is 19.5. The smallest absolute Gasteiger partial charge is 0.254 e. The topological polar surface area (TPSA) is 69.7 Å². The molecule has 3 atom stereocenters. The summed E-state index contributed by atoms with van der Waals surface area (Å²) >= 11 is 0. The van der Waals surface area contributed by atoms with Gasteiger partial charge in [0.1, 0.15) is 6.04 Å². The average Bonchev–Trinajstić information content (AvgIpc) is 3.25. The Hall–Kier alpha value is -3.15. The molecule has 174 valence electrons. The first-order valence-electron chi connectivity index (χ1n) is 12.1. The Kier molecular flexibility index (Phi) is 7.11. The van der Waals surface area contributed by atoms with Gasteiger partial charge in [0, 0.05) is 35.9 Å². The van der Waals surface area contributed by atoms with Gasteiger partial charge in [-0.2, -0.15) is 0 Å². The van der Waals surface area contributed by atoms with Gasteiger partial charge in [-0.05, 0) is 75.4 Å². The molecule has 33 heavy (non-hydrogen) atoms. The third-order valence-electron chi connectivity index (χ3n) is 7.10. The fourth-order valence-corrected chi connectivity index (χ4v) is 5.33. The maximum atomic E-state index is 13.4. The van der Waals surface area contributed by atoms with Crippen LogP contribution in [0.4, 0.5) is 5.69 Å². The van der Waals surface area contributed by atoms with Crippen LogP contribution in [0.15, 0.2) is 54.6 Å². The van der Waals surface area contributed by atoms with Crippen LogP contribution in [0.25, 0.3) is 0 Å². The van der Waals surface area contributed by atoms with Crippen LogP contribution in [-0.2, 0) is 4.79 Å². The third-order valence-corrected chi connectivity index (χ3v) is 7.10. The predicted octanol–water partition coefficient (Wildman–Crippen LogP) is 4.58. The summed E-state index contributed by atoms with van der Waals surface area (Å²) in [4.78, 5) is 42.9. The molecule has 0 bridgehead atoms. The SMILES string of the molecule is CCN(CC)C(=O)c1ccc(NC(=O)C2CC3CCCCC3N2C(=O)c2ccccc2)cc1. The van der Waals surface area contributed by atoms with E-state index >= 15 is 0 Å². The normalized spacial score (nSPS) is 21.9. The molecule has 2 aromatic carbocycles. The van der Waals surface area contributed by atoms with Gasteiger partial charge in [-0.15, -0.1) is 0 Å². The first-order chi connectivity index (χ1) is 16.0. The standard InChI is InChI=1S/C27H33N3O3/c1-3-29(4-2)26(32)20-14-16-22(17-15-20)28-25(31)24-18-21-12-8-9-13-23(21)30(24)27(33)19-10-6-5-7-11-19/h5-7,10-11,14-17,21,23-24H,3-4,8-9,12-13,18H2,1-2H3,(H,28,31). The molecule has 2 fully saturated rings. The van der Waals surface area contributed by atoms with Crippen molar-refractivity contribution in [3.05, 3.63) is 65.7 Å². The van der Waals surface area contributed by atoms with Crippen LogP contribution in [-0.4, -0.2) is 52.7 Å². The van der Waals surface area contributed by atoms with Gasteiger partial charge in [-0.25, -0.2) is 0 Å². The number of hydrogen-bond donors (Lipinski definition) is 1. The summed E-state index contributed by atoms with van der Waals surface area (Å²) in [6, 6.07) is 15.9. The Bertz CT molecular complexity index is 985. The van der Waals surface area contributed by atoms with E-state index < -0.39 is 6.04 Å². The summed E-state index contributed by atoms with van der Waals surface area (Å²) in [6.07, 6.45) is 4.97. The van der Waals surface area contributed by atoms with Crippen LogP contribution in [0.2, 0.25) is 0 Å². The van der Waals surface area contributed by atoms with Gasteiger partial charge in [0.05, 0.1) is 0 Å². The lowest BCUT2D eigenvalue weighted by molar-refractivity contribution is -0.120. The second-order valence-corrected chi connectivity index (χ2v) is 8.99. The first-order valence-corrected chi connectivity index (χ1v) is 12.1. The lowest BCUT2D eigenvalue weighted by atomic mass is 9.84. The lowest BCUT2D eigenvalue weighted by Gasteiger charge is -2.33. The van der Waals surface area contributed by atoms with Crippen LogP contribution >= 0.6 is 0 Å². The number of likely N-dealkylation sites (tertiary alicyclic amines) is 1. The molecule has 0 spiro atoms. The molecule has 0 radical (unpaired) electrons. The molecule has 1 N–H and O–H groups in total. The number of carbonyl (C=O) groups excluding carboxylic acids is 3. The zero-order valence-electron chi connectivity index (χ0n) is 19.5. The molecule has 6 heteroatoms. The van der Waals surface area contributed by atoms with Crippen molar-refractivity contribution in [3.8, 4) is 0 Å². The molecule has 1 saturated carbocycles. The number of amides is 3. The monoisotopic (exact) mass is 447 g/mol. The van der Waals surface area contributed by atoms with Crippen molar-refractivity contribution in [3.63, 3.8) is 0 Å². The summed E-state index contributed by atoms with van der Waals surface area (Å²) in [5.74, 6) is 0.135. The Labute approximate surface area is 196 Å². The number of carbonyl (C=O) groups is 3. The van der Waals surface area contributed by atoms with E-state index in [0.717, 1.165) is 25.7 Å². The van der Waals surface area contributed by atoms with E-state index in [-0.39, 0.29) is 23.8 Å². The van der Waals surface area contributed by atoms with E-state index in [2.05, 4.69) is 5.32 Å². The second kappa shape index (κ2) is 10.2. The number of rotatable bonds is 6. The summed E-state index contributed by atoms with van der Waals surface area (Å²) in [7, 11) is 0. The fourth-order valence-electron chi connectivity index (χ4n) is 5.33. The van der Waals surface area contributed by atoms with Gasteiger partial charge in [0.25, 0.3) is 11.8 Å². The molecule has 2 aliphatic rings. The van der Waals surface area contributed by atoms with E-state index in [4.69, 9.17) is 0 Å². The maximum Gasteiger partial charge on any atom is 0.254 e. The molecule has 4 rings (SSSR count). The van der Waals surface area contributed by atoms with Crippen molar-refractivity contribution in [2.45, 2.75) is 58.0 Å². The van der Waals surface area contributed by atoms with Crippen molar-refractivity contribution < 1.29 is 14.4 Å². The van der Waals surface area contributed by atoms with Gasteiger partial charge in [0.2, 0.25) is 5.91 Å². The Morgan fingerprint density at radius 1 is 0.909 bits per heavy atom. The molecule has 2 aromatic rings. The van der Waals surface area contributed by atoms with E-state index in [0.29, 0.717) is 42.2 Å². The Morgan fingerprint density at radius 2 is 1.58 bits per heavy atom. The number of nitrogens with zero attached hydrogens (tertiary/aromatic N) is 2. The molecule has 1 aliphatic heterocycles. The van der Waals surface area contributed by atoms with Crippen LogP contribution in [0.5, 0.6) is 0 Å². The highest BCUT2D eigenvalue weighted by Crippen LogP contribution is 2.40. The predicted molar refractivity (Wildman–Crippen MR) is 129 cm³/mol. The largest absolute Gasteiger partial charge is 0.339 e. The highest BCUT2D eigenvalue weighted by molar-refractivity contribution is 6.02. The second-order valence-electron chi connectivity index (χ2n) is 8.99. The van der Waals surface area contributed by atoms with Crippen LogP contribution in [0, 0.1) is 5.92 Å². The minimum Gasteiger partial charge on any atom is -0.339 e. The summed E-state index contributed by atoms with van der Waals surface area (Å²) < 4.78 is 0. The fraction of sp³-hybridized carbons (Fsp3) is 0.444. The molecule has 1 saturated heterocycles. The summed E-state index contributed by atoms with van der Waals surface area (Å²) in [5.41, 5.74) is 1.86. The molecular formula is C27H33N3O3. The number of benzene rings is 2. The molecule has 1 aliphatic carbocycles. The van der Waals surface area contributed by atoms with Crippen molar-refractivity contribution in [1.29, 1.82) is 0 Å². The zero-order chi connectivity index (χ0) is 23.4. The molecule has 3 unspecified atom stereocenters. The highest BCUT2D eigenvalue weighted by Gasteiger charge is 2.47. The van der Waals surface area contributed by atoms with Crippen molar-refractivity contribution in [2.75, 3.05) is 18.4 Å². The number of anilines is 1. The minimum atomic E-state index is -0.484. The van der Waals surface area contributed by atoms with Crippen molar-refractivity contribution >= 4 is 23.4 Å². The summed E-state index contributed by atoms with van der Waals surface area (Å²) in [5, 5.41) is 3.00. The Balaban J connectivity index is 1.51. The molecular weight excluding hydrogens is 414 g/mol. The maximum absolute atomic E-state index is 13.4. The van der Waals surface area contributed by atoms with Crippen LogP contribution in [0.3, 0.4) is 0 Å². The van der Waals surface area contributed by atoms with Gasteiger partial charge in [-0.3, -0.25) is 14.4 Å². The average molecular weight is 448 g/mol. The minimum absolute atomic E-state index is 0.0163. The van der Waals surface area contributed by atoms with Gasteiger partial charge >= 0.3 is 0 Å². The first kappa shape index (κ1) is 23.0. The summed E-state index contributed by atoms with van der Waals surface area (Å²) in [6.45, 7) is 5.22. The van der Waals surface area contributed by atoms with Gasteiger partial charge < -0.3 is 15.1 Å². The number of fused-ring (bicyclic) bond motifs is 1. The molecule has 6 nitrogen and oxygen atoms in total. The molecule has 1 heterocycles. The van der Waals surface area contributed by atoms with E-state index in [1.54, 1.807) is 29.2 Å². The van der Waals surface area contributed by atoms with E-state index in [1.165, 1.54) is 0 Å². The Morgan fingerprint density at radius 3 is 2.24 bits per heavy atom. The van der Waals surface area contributed by atoms with Gasteiger partial charge in [0.15, 0.2) is 0 Å². The number of nitrogens with one attached hydrogen (secondary N) is 1. The van der Waals surface area contributed by atoms with Crippen LogP contribution < -0.4 is 5.32 Å². The van der Waals surface area contributed by atoms with Crippen molar-refractivity contribution in [2.24, 2.45) is 5.92 Å². The van der Waals surface area contributed by atoms with Gasteiger partial charge in [-0.1, -0.05) is 31.0 Å². The lowest BCUT2D eigenvalue weighted by Crippen LogP contribution is -2.47.